The van der Waals surface area contributed by atoms with E-state index in [4.69, 9.17) is 9.84 Å². The van der Waals surface area contributed by atoms with Gasteiger partial charge in [-0.05, 0) is 39.3 Å². The third kappa shape index (κ3) is 5.61. The first-order valence-corrected chi connectivity index (χ1v) is 9.16. The molecule has 0 radical (unpaired) electrons. The van der Waals surface area contributed by atoms with Crippen LogP contribution in [0, 0.1) is 0 Å². The highest BCUT2D eigenvalue weighted by Gasteiger charge is 2.25. The van der Waals surface area contributed by atoms with Gasteiger partial charge in [-0.1, -0.05) is 39.0 Å². The van der Waals surface area contributed by atoms with Crippen molar-refractivity contribution in [1.29, 1.82) is 0 Å². The first-order valence-electron chi connectivity index (χ1n) is 9.16. The molecule has 1 heterocycles. The van der Waals surface area contributed by atoms with Gasteiger partial charge in [0.05, 0.1) is 17.8 Å². The molecule has 1 aromatic carbocycles. The molecule has 0 saturated heterocycles. The minimum atomic E-state index is -0.206. The van der Waals surface area contributed by atoms with Gasteiger partial charge in [-0.3, -0.25) is 4.79 Å². The maximum Gasteiger partial charge on any atom is 0.225 e. The highest BCUT2D eigenvalue weighted by atomic mass is 16.5. The fourth-order valence-corrected chi connectivity index (χ4v) is 2.49. The number of nitrogens with one attached hydrogen (secondary N) is 1. The molecule has 142 valence electrons. The summed E-state index contributed by atoms with van der Waals surface area (Å²) in [5.41, 5.74) is 0.692. The van der Waals surface area contributed by atoms with Crippen LogP contribution >= 0.6 is 0 Å². The van der Waals surface area contributed by atoms with Gasteiger partial charge < -0.3 is 10.1 Å². The van der Waals surface area contributed by atoms with Crippen LogP contribution in [-0.2, 0) is 15.7 Å². The Morgan fingerprint density at radius 1 is 1.12 bits per heavy atom. The molecule has 0 aliphatic rings. The summed E-state index contributed by atoms with van der Waals surface area (Å²) in [5.74, 6) is 1.55. The third-order valence-corrected chi connectivity index (χ3v) is 3.94. The van der Waals surface area contributed by atoms with Crippen molar-refractivity contribution in [2.75, 3.05) is 11.9 Å². The summed E-state index contributed by atoms with van der Waals surface area (Å²) < 4.78 is 7.53. The van der Waals surface area contributed by atoms with Crippen LogP contribution in [0.2, 0.25) is 0 Å². The van der Waals surface area contributed by atoms with Crippen molar-refractivity contribution in [3.8, 4) is 5.75 Å². The minimum Gasteiger partial charge on any atom is -0.494 e. The molecule has 0 atom stereocenters. The SMILES string of the molecule is CC(C)(C)c1cc(NC(=O)CCCOc2ccccc2)n(C(C)(C)C)n1. The average Bonchev–Trinajstić information content (AvgIpc) is 2.97. The number of aromatic nitrogens is 2. The summed E-state index contributed by atoms with van der Waals surface area (Å²) >= 11 is 0. The van der Waals surface area contributed by atoms with E-state index in [0.29, 0.717) is 19.4 Å². The number of carbonyl (C=O) groups excluding carboxylic acids is 1. The van der Waals surface area contributed by atoms with Crippen LogP contribution in [0.1, 0.15) is 60.1 Å². The summed E-state index contributed by atoms with van der Waals surface area (Å²) in [4.78, 5) is 12.4. The van der Waals surface area contributed by atoms with Crippen molar-refractivity contribution in [2.45, 2.75) is 65.3 Å². The van der Waals surface area contributed by atoms with Gasteiger partial charge in [0.15, 0.2) is 0 Å². The van der Waals surface area contributed by atoms with Crippen LogP contribution in [0.15, 0.2) is 36.4 Å². The Morgan fingerprint density at radius 2 is 1.77 bits per heavy atom. The third-order valence-electron chi connectivity index (χ3n) is 3.94. The van der Waals surface area contributed by atoms with Gasteiger partial charge in [-0.2, -0.15) is 5.10 Å². The smallest absolute Gasteiger partial charge is 0.225 e. The van der Waals surface area contributed by atoms with E-state index in [-0.39, 0.29) is 16.9 Å². The molecule has 0 fully saturated rings. The van der Waals surface area contributed by atoms with Gasteiger partial charge in [0.2, 0.25) is 5.91 Å². The van der Waals surface area contributed by atoms with Crippen LogP contribution in [0.5, 0.6) is 5.75 Å². The molecule has 1 N–H and O–H groups in total. The van der Waals surface area contributed by atoms with Gasteiger partial charge >= 0.3 is 0 Å². The number of para-hydroxylation sites is 1. The second kappa shape index (κ2) is 7.94. The molecule has 1 amide bonds. The monoisotopic (exact) mass is 357 g/mol. The number of rotatable bonds is 6. The fraction of sp³-hybridized carbons (Fsp3) is 0.524. The predicted molar refractivity (Wildman–Crippen MR) is 106 cm³/mol. The number of amides is 1. The number of ether oxygens (including phenoxy) is 1. The fourth-order valence-electron chi connectivity index (χ4n) is 2.49. The number of hydrogen-bond donors (Lipinski definition) is 1. The number of hydrogen-bond acceptors (Lipinski definition) is 3. The van der Waals surface area contributed by atoms with E-state index in [9.17, 15) is 4.79 Å². The maximum absolute atomic E-state index is 12.4. The van der Waals surface area contributed by atoms with Crippen LogP contribution in [-0.4, -0.2) is 22.3 Å². The Hall–Kier alpha value is -2.30. The van der Waals surface area contributed by atoms with Gasteiger partial charge in [-0.15, -0.1) is 0 Å². The Kier molecular flexibility index (Phi) is 6.11. The highest BCUT2D eigenvalue weighted by molar-refractivity contribution is 5.90. The summed E-state index contributed by atoms with van der Waals surface area (Å²) in [7, 11) is 0. The lowest BCUT2D eigenvalue weighted by atomic mass is 9.92. The second-order valence-electron chi connectivity index (χ2n) is 8.56. The van der Waals surface area contributed by atoms with E-state index in [2.05, 4.69) is 46.9 Å². The normalized spacial score (nSPS) is 12.1. The first kappa shape index (κ1) is 20.0. The molecule has 0 saturated carbocycles. The predicted octanol–water partition coefficient (Wildman–Crippen LogP) is 4.73. The zero-order valence-corrected chi connectivity index (χ0v) is 16.8. The Labute approximate surface area is 156 Å². The summed E-state index contributed by atoms with van der Waals surface area (Å²) in [5, 5.41) is 7.73. The summed E-state index contributed by atoms with van der Waals surface area (Å²) in [6.45, 7) is 13.1. The van der Waals surface area contributed by atoms with E-state index in [0.717, 1.165) is 17.3 Å². The van der Waals surface area contributed by atoms with Crippen molar-refractivity contribution in [2.24, 2.45) is 0 Å². The van der Waals surface area contributed by atoms with E-state index in [1.807, 2.05) is 41.1 Å². The second-order valence-corrected chi connectivity index (χ2v) is 8.56. The molecular formula is C21H31N3O2. The van der Waals surface area contributed by atoms with Crippen molar-refractivity contribution in [3.63, 3.8) is 0 Å². The standard InChI is InChI=1S/C21H31N3O2/c1-20(2,3)17-15-18(24(23-17)21(4,5)6)22-19(25)13-10-14-26-16-11-8-7-9-12-16/h7-9,11-12,15H,10,13-14H2,1-6H3,(H,22,25). The topological polar surface area (TPSA) is 56.1 Å². The van der Waals surface area contributed by atoms with Crippen LogP contribution in [0.4, 0.5) is 5.82 Å². The van der Waals surface area contributed by atoms with Crippen LogP contribution < -0.4 is 10.1 Å². The first-order chi connectivity index (χ1) is 12.1. The maximum atomic E-state index is 12.4. The molecule has 0 spiro atoms. The molecule has 0 unspecified atom stereocenters. The van der Waals surface area contributed by atoms with Crippen LogP contribution in [0.3, 0.4) is 0 Å². The number of benzene rings is 1. The molecule has 0 bridgehead atoms. The number of carbonyl (C=O) groups is 1. The lowest BCUT2D eigenvalue weighted by molar-refractivity contribution is -0.116. The Morgan fingerprint density at radius 3 is 2.35 bits per heavy atom. The van der Waals surface area contributed by atoms with E-state index in [1.54, 1.807) is 0 Å². The van der Waals surface area contributed by atoms with E-state index >= 15 is 0 Å². The van der Waals surface area contributed by atoms with E-state index in [1.165, 1.54) is 0 Å². The Bertz CT molecular complexity index is 722. The highest BCUT2D eigenvalue weighted by Crippen LogP contribution is 2.28. The lowest BCUT2D eigenvalue weighted by Gasteiger charge is -2.23. The molecule has 2 aromatic rings. The molecular weight excluding hydrogens is 326 g/mol. The zero-order valence-electron chi connectivity index (χ0n) is 16.8. The van der Waals surface area contributed by atoms with Gasteiger partial charge in [-0.25, -0.2) is 4.68 Å². The molecule has 0 aliphatic carbocycles. The van der Waals surface area contributed by atoms with Crippen LogP contribution in [0.25, 0.3) is 0 Å². The molecule has 5 nitrogen and oxygen atoms in total. The Balaban J connectivity index is 1.94. The number of nitrogens with zero attached hydrogens (tertiary/aromatic N) is 2. The zero-order chi connectivity index (χ0) is 19.4. The number of anilines is 1. The average molecular weight is 357 g/mol. The van der Waals surface area contributed by atoms with E-state index < -0.39 is 0 Å². The van der Waals surface area contributed by atoms with Crippen molar-refractivity contribution in [1.82, 2.24) is 9.78 Å². The molecule has 2 rings (SSSR count). The molecule has 26 heavy (non-hydrogen) atoms. The quantitative estimate of drug-likeness (QED) is 0.760. The lowest BCUT2D eigenvalue weighted by Crippen LogP contribution is -2.27. The van der Waals surface area contributed by atoms with Gasteiger partial charge in [0, 0.05) is 17.9 Å². The van der Waals surface area contributed by atoms with Crippen molar-refractivity contribution >= 4 is 11.7 Å². The molecule has 0 aliphatic heterocycles. The van der Waals surface area contributed by atoms with Gasteiger partial charge in [0.1, 0.15) is 11.6 Å². The summed E-state index contributed by atoms with van der Waals surface area (Å²) in [6, 6.07) is 11.6. The molecule has 1 aromatic heterocycles. The van der Waals surface area contributed by atoms with Gasteiger partial charge in [0.25, 0.3) is 0 Å². The van der Waals surface area contributed by atoms with Crippen molar-refractivity contribution in [3.05, 3.63) is 42.1 Å². The summed E-state index contributed by atoms with van der Waals surface area (Å²) in [6.07, 6.45) is 1.07. The van der Waals surface area contributed by atoms with Crippen molar-refractivity contribution < 1.29 is 9.53 Å². The molecule has 5 heteroatoms. The largest absolute Gasteiger partial charge is 0.494 e. The minimum absolute atomic E-state index is 0.0208.